The van der Waals surface area contributed by atoms with Gasteiger partial charge in [-0.15, -0.1) is 0 Å². The molecule has 0 saturated carbocycles. The summed E-state index contributed by atoms with van der Waals surface area (Å²) >= 11 is 0. The van der Waals surface area contributed by atoms with Crippen LogP contribution >= 0.6 is 0 Å². The summed E-state index contributed by atoms with van der Waals surface area (Å²) < 4.78 is 80.2. The number of carbonyl (C=O) groups is 1. The van der Waals surface area contributed by atoms with Gasteiger partial charge in [-0.3, -0.25) is 0 Å². The molecule has 78 valence electrons. The third-order valence-corrected chi connectivity index (χ3v) is 1.01. The zero-order chi connectivity index (χ0) is 11.1. The third kappa shape index (κ3) is 2.51. The first-order valence-corrected chi connectivity index (χ1v) is 2.48. The van der Waals surface area contributed by atoms with E-state index in [4.69, 9.17) is 0 Å². The molecule has 0 fully saturated rings. The zero-order valence-electron chi connectivity index (χ0n) is 6.46. The van der Waals surface area contributed by atoms with E-state index in [-0.39, 0.29) is 29.6 Å². The van der Waals surface area contributed by atoms with Crippen molar-refractivity contribution in [1.29, 1.82) is 0 Å². The first kappa shape index (κ1) is 16.4. The summed E-state index contributed by atoms with van der Waals surface area (Å²) in [7, 11) is 0. The van der Waals surface area contributed by atoms with Crippen LogP contribution in [-0.2, 0) is 4.79 Å². The van der Waals surface area contributed by atoms with Crippen LogP contribution in [0.1, 0.15) is 0 Å². The Hall–Kier alpha value is -0.0200. The molecule has 0 saturated heterocycles. The standard InChI is InChI=1S/C4HF7O2.Na/c5-2(6,1(12)13)3(7,8)4(9,10)11;/h(H,12,13);/q;+1/p-1. The first-order chi connectivity index (χ1) is 5.44. The van der Waals surface area contributed by atoms with E-state index in [2.05, 4.69) is 0 Å². The van der Waals surface area contributed by atoms with Gasteiger partial charge in [-0.25, -0.2) is 0 Å². The average molecular weight is 236 g/mol. The number of carboxylic acid groups (broad SMARTS) is 1. The molecule has 0 aromatic rings. The molecule has 0 spiro atoms. The van der Waals surface area contributed by atoms with Crippen LogP contribution in [-0.4, -0.2) is 24.0 Å². The van der Waals surface area contributed by atoms with Crippen LogP contribution in [0.4, 0.5) is 30.7 Å². The van der Waals surface area contributed by atoms with Gasteiger partial charge in [0, 0.05) is 0 Å². The molecule has 0 unspecified atom stereocenters. The zero-order valence-corrected chi connectivity index (χ0v) is 8.46. The van der Waals surface area contributed by atoms with Crippen LogP contribution in [0.5, 0.6) is 0 Å². The van der Waals surface area contributed by atoms with E-state index < -0.39 is 24.0 Å². The maximum Gasteiger partial charge on any atom is 1.00 e. The summed E-state index contributed by atoms with van der Waals surface area (Å²) in [6, 6.07) is 0. The van der Waals surface area contributed by atoms with Gasteiger partial charge in [0.1, 0.15) is 5.97 Å². The quantitative estimate of drug-likeness (QED) is 0.395. The molecular formula is C4F7NaO2. The van der Waals surface area contributed by atoms with Crippen LogP contribution in [0.25, 0.3) is 0 Å². The van der Waals surface area contributed by atoms with Crippen molar-refractivity contribution in [3.8, 4) is 0 Å². The van der Waals surface area contributed by atoms with Gasteiger partial charge >= 0.3 is 47.6 Å². The number of hydrogen-bond donors (Lipinski definition) is 0. The summed E-state index contributed by atoms with van der Waals surface area (Å²) in [6.07, 6.45) is -6.64. The van der Waals surface area contributed by atoms with Crippen molar-refractivity contribution in [1.82, 2.24) is 0 Å². The number of carboxylic acids is 1. The number of rotatable bonds is 2. The minimum absolute atomic E-state index is 0. The SMILES string of the molecule is O=C([O-])C(F)(F)C(F)(F)C(F)(F)F.[Na+]. The van der Waals surface area contributed by atoms with Crippen LogP contribution in [0, 0.1) is 0 Å². The Bertz CT molecular complexity index is 222. The molecule has 0 rings (SSSR count). The van der Waals surface area contributed by atoms with Crippen molar-refractivity contribution < 1.29 is 70.2 Å². The molecule has 0 amide bonds. The van der Waals surface area contributed by atoms with E-state index in [1.165, 1.54) is 0 Å². The summed E-state index contributed by atoms with van der Waals surface area (Å²) in [6.45, 7) is 0. The second-order valence-corrected chi connectivity index (χ2v) is 1.93. The number of halogens is 7. The van der Waals surface area contributed by atoms with Gasteiger partial charge in [0.2, 0.25) is 0 Å². The maximum atomic E-state index is 11.7. The van der Waals surface area contributed by atoms with Crippen molar-refractivity contribution in [2.45, 2.75) is 18.0 Å². The fraction of sp³-hybridized carbons (Fsp3) is 0.750. The molecule has 0 aliphatic heterocycles. The average Bonchev–Trinajstić information content (AvgIpc) is 1.84. The third-order valence-electron chi connectivity index (χ3n) is 1.01. The largest absolute Gasteiger partial charge is 1.00 e. The Labute approximate surface area is 94.4 Å². The van der Waals surface area contributed by atoms with E-state index >= 15 is 0 Å². The van der Waals surface area contributed by atoms with Gasteiger partial charge in [0.15, 0.2) is 0 Å². The van der Waals surface area contributed by atoms with Crippen LogP contribution < -0.4 is 34.7 Å². The fourth-order valence-corrected chi connectivity index (χ4v) is 0.306. The van der Waals surface area contributed by atoms with Gasteiger partial charge in [0.25, 0.3) is 0 Å². The van der Waals surface area contributed by atoms with Crippen molar-refractivity contribution in [3.63, 3.8) is 0 Å². The smallest absolute Gasteiger partial charge is 0.544 e. The van der Waals surface area contributed by atoms with Gasteiger partial charge in [-0.1, -0.05) is 0 Å². The number of alkyl halides is 7. The molecule has 0 N–H and O–H groups in total. The molecule has 10 heteroatoms. The van der Waals surface area contributed by atoms with Crippen LogP contribution in [0.2, 0.25) is 0 Å². The monoisotopic (exact) mass is 236 g/mol. The fourth-order valence-electron chi connectivity index (χ4n) is 0.306. The molecule has 0 heterocycles. The van der Waals surface area contributed by atoms with Crippen molar-refractivity contribution in [2.24, 2.45) is 0 Å². The molecule has 0 aliphatic rings. The van der Waals surface area contributed by atoms with E-state index in [1.54, 1.807) is 0 Å². The molecular weight excluding hydrogens is 236 g/mol. The van der Waals surface area contributed by atoms with Crippen LogP contribution in [0.15, 0.2) is 0 Å². The number of hydrogen-bond acceptors (Lipinski definition) is 2. The van der Waals surface area contributed by atoms with Gasteiger partial charge < -0.3 is 9.90 Å². The summed E-state index contributed by atoms with van der Waals surface area (Å²) in [5.41, 5.74) is 0. The Kier molecular flexibility index (Phi) is 4.96. The van der Waals surface area contributed by atoms with Crippen molar-refractivity contribution >= 4 is 5.97 Å². The molecule has 14 heavy (non-hydrogen) atoms. The Morgan fingerprint density at radius 2 is 1.21 bits per heavy atom. The summed E-state index contributed by atoms with van der Waals surface area (Å²) in [5.74, 6) is -16.7. The van der Waals surface area contributed by atoms with Crippen molar-refractivity contribution in [2.75, 3.05) is 0 Å². The number of carbonyl (C=O) groups excluding carboxylic acids is 1. The van der Waals surface area contributed by atoms with E-state index in [0.29, 0.717) is 0 Å². The normalized spacial score (nSPS) is 13.4. The molecule has 0 bridgehead atoms. The van der Waals surface area contributed by atoms with E-state index in [9.17, 15) is 40.6 Å². The minimum atomic E-state index is -6.64. The molecule has 0 aliphatic carbocycles. The summed E-state index contributed by atoms with van der Waals surface area (Å²) in [5, 5.41) is 9.27. The minimum Gasteiger partial charge on any atom is -0.544 e. The summed E-state index contributed by atoms with van der Waals surface area (Å²) in [4.78, 5) is 9.27. The Morgan fingerprint density at radius 3 is 1.29 bits per heavy atom. The van der Waals surface area contributed by atoms with E-state index in [0.717, 1.165) is 0 Å². The topological polar surface area (TPSA) is 40.1 Å². The van der Waals surface area contributed by atoms with Gasteiger partial charge in [-0.05, 0) is 0 Å². The van der Waals surface area contributed by atoms with E-state index in [1.807, 2.05) is 0 Å². The number of aliphatic carboxylic acids is 1. The van der Waals surface area contributed by atoms with Gasteiger partial charge in [-0.2, -0.15) is 30.7 Å². The van der Waals surface area contributed by atoms with Gasteiger partial charge in [0.05, 0.1) is 0 Å². The molecule has 2 nitrogen and oxygen atoms in total. The molecule has 0 aromatic carbocycles. The molecule has 0 atom stereocenters. The molecule has 0 aromatic heterocycles. The van der Waals surface area contributed by atoms with Crippen LogP contribution in [0.3, 0.4) is 0 Å². The second kappa shape index (κ2) is 4.23. The predicted octanol–water partition coefficient (Wildman–Crippen LogP) is -2.43. The van der Waals surface area contributed by atoms with Crippen molar-refractivity contribution in [3.05, 3.63) is 0 Å². The predicted molar refractivity (Wildman–Crippen MR) is 21.0 cm³/mol. The maximum absolute atomic E-state index is 11.7. The molecule has 0 radical (unpaired) electrons. The Morgan fingerprint density at radius 1 is 0.929 bits per heavy atom. The first-order valence-electron chi connectivity index (χ1n) is 2.48. The Balaban J connectivity index is 0. The second-order valence-electron chi connectivity index (χ2n) is 1.93.